The van der Waals surface area contributed by atoms with E-state index in [9.17, 15) is 14.4 Å². The Labute approximate surface area is 188 Å². The number of rotatable bonds is 6. The minimum absolute atomic E-state index is 0.226. The van der Waals surface area contributed by atoms with Gasteiger partial charge in [0.1, 0.15) is 11.4 Å². The molecule has 0 spiro atoms. The molecule has 0 radical (unpaired) electrons. The van der Waals surface area contributed by atoms with E-state index >= 15 is 0 Å². The normalized spacial score (nSPS) is 14.7. The molecule has 8 nitrogen and oxygen atoms in total. The van der Waals surface area contributed by atoms with Gasteiger partial charge in [0.05, 0.1) is 6.61 Å². The molecule has 1 aliphatic heterocycles. The molecular weight excluding hydrogens is 422 g/mol. The third-order valence-corrected chi connectivity index (χ3v) is 5.02. The van der Waals surface area contributed by atoms with Gasteiger partial charge in [-0.2, -0.15) is 0 Å². The molecule has 1 fully saturated rings. The quantitative estimate of drug-likeness (QED) is 0.506. The molecule has 0 aromatic heterocycles. The van der Waals surface area contributed by atoms with Crippen LogP contribution in [0.25, 0.3) is 0 Å². The maximum Gasteiger partial charge on any atom is 0.410 e. The van der Waals surface area contributed by atoms with Gasteiger partial charge in [-0.3, -0.25) is 20.4 Å². The number of halogens is 1. The van der Waals surface area contributed by atoms with Gasteiger partial charge in [-0.05, 0) is 70.7 Å². The van der Waals surface area contributed by atoms with Crippen molar-refractivity contribution in [3.05, 3.63) is 28.8 Å². The summed E-state index contributed by atoms with van der Waals surface area (Å²) in [5.74, 6) is -0.0489. The second-order valence-electron chi connectivity index (χ2n) is 8.64. The number of benzene rings is 1. The van der Waals surface area contributed by atoms with Gasteiger partial charge in [0, 0.05) is 30.5 Å². The lowest BCUT2D eigenvalue weighted by Crippen LogP contribution is -2.48. The van der Waals surface area contributed by atoms with Crippen LogP contribution in [0.3, 0.4) is 0 Å². The first-order valence-corrected chi connectivity index (χ1v) is 10.9. The highest BCUT2D eigenvalue weighted by Crippen LogP contribution is 2.22. The van der Waals surface area contributed by atoms with E-state index in [0.717, 1.165) is 11.3 Å². The van der Waals surface area contributed by atoms with Crippen molar-refractivity contribution in [1.82, 2.24) is 15.8 Å². The van der Waals surface area contributed by atoms with Crippen molar-refractivity contribution in [2.75, 3.05) is 19.7 Å². The molecule has 1 saturated heterocycles. The number of amides is 3. The maximum atomic E-state index is 12.3. The molecule has 2 rings (SSSR count). The molecule has 31 heavy (non-hydrogen) atoms. The van der Waals surface area contributed by atoms with Crippen molar-refractivity contribution < 1.29 is 23.9 Å². The van der Waals surface area contributed by atoms with Crippen molar-refractivity contribution in [3.8, 4) is 5.75 Å². The molecule has 1 aliphatic rings. The summed E-state index contributed by atoms with van der Waals surface area (Å²) >= 11 is 5.91. The second kappa shape index (κ2) is 11.2. The van der Waals surface area contributed by atoms with Gasteiger partial charge in [-0.1, -0.05) is 11.6 Å². The van der Waals surface area contributed by atoms with E-state index in [2.05, 4.69) is 10.9 Å². The topological polar surface area (TPSA) is 97.0 Å². The highest BCUT2D eigenvalue weighted by atomic mass is 35.5. The molecule has 1 heterocycles. The Kier molecular flexibility index (Phi) is 8.98. The monoisotopic (exact) mass is 453 g/mol. The molecule has 0 saturated carbocycles. The first-order chi connectivity index (χ1) is 14.5. The predicted octanol–water partition coefficient (Wildman–Crippen LogP) is 3.60. The van der Waals surface area contributed by atoms with Gasteiger partial charge in [-0.15, -0.1) is 0 Å². The molecule has 1 aromatic rings. The van der Waals surface area contributed by atoms with Gasteiger partial charge in [0.25, 0.3) is 0 Å². The summed E-state index contributed by atoms with van der Waals surface area (Å²) in [5.41, 5.74) is 5.31. The number of aryl methyl sites for hydroxylation is 1. The molecule has 0 bridgehead atoms. The van der Waals surface area contributed by atoms with E-state index in [1.807, 2.05) is 33.8 Å². The number of carbonyl (C=O) groups excluding carboxylic acids is 3. The molecule has 172 valence electrons. The number of hydrogen-bond donors (Lipinski definition) is 2. The van der Waals surface area contributed by atoms with E-state index in [4.69, 9.17) is 21.1 Å². The van der Waals surface area contributed by atoms with Crippen molar-refractivity contribution in [2.24, 2.45) is 5.92 Å². The summed E-state index contributed by atoms with van der Waals surface area (Å²) in [6, 6.07) is 5.37. The standard InChI is InChI=1S/C22H32ClN3O5/c1-15-14-17(23)7-8-18(15)30-13-5-6-19(27)24-25-20(28)16-9-11-26(12-10-16)21(29)31-22(2,3)4/h7-8,14,16H,5-6,9-13H2,1-4H3,(H,24,27)(H,25,28). The van der Waals surface area contributed by atoms with Crippen molar-refractivity contribution in [2.45, 2.75) is 59.0 Å². The molecule has 2 N–H and O–H groups in total. The molecule has 0 atom stereocenters. The summed E-state index contributed by atoms with van der Waals surface area (Å²) in [5, 5.41) is 0.649. The largest absolute Gasteiger partial charge is 0.493 e. The molecule has 3 amide bonds. The Hall–Kier alpha value is -2.48. The molecule has 1 aromatic carbocycles. The summed E-state index contributed by atoms with van der Waals surface area (Å²) in [4.78, 5) is 37.9. The zero-order chi connectivity index (χ0) is 23.0. The predicted molar refractivity (Wildman–Crippen MR) is 118 cm³/mol. The van der Waals surface area contributed by atoms with Gasteiger partial charge in [0.2, 0.25) is 11.8 Å². The van der Waals surface area contributed by atoms with Crippen LogP contribution in [-0.4, -0.2) is 48.1 Å². The zero-order valence-corrected chi connectivity index (χ0v) is 19.4. The van der Waals surface area contributed by atoms with Crippen molar-refractivity contribution in [3.63, 3.8) is 0 Å². The van der Waals surface area contributed by atoms with Crippen molar-refractivity contribution >= 4 is 29.5 Å². The Morgan fingerprint density at radius 1 is 1.16 bits per heavy atom. The van der Waals surface area contributed by atoms with E-state index in [1.165, 1.54) is 0 Å². The first-order valence-electron chi connectivity index (χ1n) is 10.5. The van der Waals surface area contributed by atoms with Crippen LogP contribution in [-0.2, 0) is 14.3 Å². The fourth-order valence-corrected chi connectivity index (χ4v) is 3.36. The van der Waals surface area contributed by atoms with Crippen LogP contribution in [0, 0.1) is 12.8 Å². The van der Waals surface area contributed by atoms with Gasteiger partial charge >= 0.3 is 6.09 Å². The Morgan fingerprint density at radius 3 is 2.45 bits per heavy atom. The number of nitrogens with zero attached hydrogens (tertiary/aromatic N) is 1. The summed E-state index contributed by atoms with van der Waals surface area (Å²) < 4.78 is 11.0. The molecule has 0 unspecified atom stereocenters. The lowest BCUT2D eigenvalue weighted by Gasteiger charge is -2.32. The number of piperidine rings is 1. The van der Waals surface area contributed by atoms with E-state index in [0.29, 0.717) is 44.0 Å². The van der Waals surface area contributed by atoms with E-state index in [-0.39, 0.29) is 30.2 Å². The smallest absolute Gasteiger partial charge is 0.410 e. The van der Waals surface area contributed by atoms with Crippen LogP contribution < -0.4 is 15.6 Å². The Balaban J connectivity index is 1.61. The fourth-order valence-electron chi connectivity index (χ4n) is 3.14. The van der Waals surface area contributed by atoms with Crippen LogP contribution in [0.1, 0.15) is 52.0 Å². The average molecular weight is 454 g/mol. The minimum atomic E-state index is -0.547. The summed E-state index contributed by atoms with van der Waals surface area (Å²) in [6.45, 7) is 8.63. The van der Waals surface area contributed by atoms with E-state index in [1.54, 1.807) is 17.0 Å². The van der Waals surface area contributed by atoms with Crippen LogP contribution in [0.5, 0.6) is 5.75 Å². The Morgan fingerprint density at radius 2 is 1.84 bits per heavy atom. The number of likely N-dealkylation sites (tertiary alicyclic amines) is 1. The average Bonchev–Trinajstić information content (AvgIpc) is 2.69. The number of hydrogen-bond acceptors (Lipinski definition) is 5. The highest BCUT2D eigenvalue weighted by Gasteiger charge is 2.30. The number of hydrazine groups is 1. The van der Waals surface area contributed by atoms with E-state index < -0.39 is 5.60 Å². The fraction of sp³-hybridized carbons (Fsp3) is 0.591. The van der Waals surface area contributed by atoms with Crippen molar-refractivity contribution in [1.29, 1.82) is 0 Å². The summed E-state index contributed by atoms with van der Waals surface area (Å²) in [6.07, 6.45) is 1.42. The van der Waals surface area contributed by atoms with Crippen LogP contribution in [0.15, 0.2) is 18.2 Å². The minimum Gasteiger partial charge on any atom is -0.493 e. The number of carbonyl (C=O) groups is 3. The van der Waals surface area contributed by atoms with Crippen LogP contribution in [0.2, 0.25) is 5.02 Å². The molecule has 0 aliphatic carbocycles. The van der Waals surface area contributed by atoms with Crippen LogP contribution >= 0.6 is 11.6 Å². The van der Waals surface area contributed by atoms with Crippen LogP contribution in [0.4, 0.5) is 4.79 Å². The highest BCUT2D eigenvalue weighted by molar-refractivity contribution is 6.30. The first kappa shape index (κ1) is 24.8. The number of nitrogens with one attached hydrogen (secondary N) is 2. The lowest BCUT2D eigenvalue weighted by molar-refractivity contribution is -0.132. The molecular formula is C22H32ClN3O5. The van der Waals surface area contributed by atoms with Gasteiger partial charge in [-0.25, -0.2) is 4.79 Å². The third-order valence-electron chi connectivity index (χ3n) is 4.79. The second-order valence-corrected chi connectivity index (χ2v) is 9.08. The number of ether oxygens (including phenoxy) is 2. The van der Waals surface area contributed by atoms with Gasteiger partial charge in [0.15, 0.2) is 0 Å². The van der Waals surface area contributed by atoms with Gasteiger partial charge < -0.3 is 14.4 Å². The molecule has 9 heteroatoms. The third kappa shape index (κ3) is 8.65. The SMILES string of the molecule is Cc1cc(Cl)ccc1OCCCC(=O)NNC(=O)C1CCN(C(=O)OC(C)(C)C)CC1. The zero-order valence-electron chi connectivity index (χ0n) is 18.6. The summed E-state index contributed by atoms with van der Waals surface area (Å²) in [7, 11) is 0. The Bertz CT molecular complexity index is 786. The lowest BCUT2D eigenvalue weighted by atomic mass is 9.96. The maximum absolute atomic E-state index is 12.3.